The van der Waals surface area contributed by atoms with E-state index in [1.807, 2.05) is 12.1 Å². The van der Waals surface area contributed by atoms with E-state index >= 15 is 0 Å². The molecule has 1 atom stereocenters. The van der Waals surface area contributed by atoms with Gasteiger partial charge in [-0.2, -0.15) is 0 Å². The topological polar surface area (TPSA) is 77.4 Å². The maximum atomic E-state index is 5.84. The number of fused-ring (bicyclic) bond motifs is 1. The minimum Gasteiger partial charge on any atom is -0.397 e. The highest BCUT2D eigenvalue weighted by Crippen LogP contribution is 2.31. The summed E-state index contributed by atoms with van der Waals surface area (Å²) in [5, 5.41) is 7.80. The second-order valence-corrected chi connectivity index (χ2v) is 4.69. The molecule has 1 aromatic carbocycles. The van der Waals surface area contributed by atoms with Crippen LogP contribution in [0, 0.1) is 5.92 Å². The highest BCUT2D eigenvalue weighted by atomic mass is 16.6. The highest BCUT2D eigenvalue weighted by molar-refractivity contribution is 5.95. The summed E-state index contributed by atoms with van der Waals surface area (Å²) in [6.07, 6.45) is 1.13. The van der Waals surface area contributed by atoms with Gasteiger partial charge in [-0.1, -0.05) is 0 Å². The molecule has 6 heteroatoms. The number of hydrogen-bond acceptors (Lipinski definition) is 6. The molecule has 96 valence electrons. The molecule has 0 radical (unpaired) electrons. The van der Waals surface area contributed by atoms with Crippen molar-refractivity contribution in [2.24, 2.45) is 5.92 Å². The van der Waals surface area contributed by atoms with Crippen LogP contribution in [0.15, 0.2) is 16.8 Å². The van der Waals surface area contributed by atoms with Gasteiger partial charge in [0.15, 0.2) is 11.0 Å². The zero-order valence-electron chi connectivity index (χ0n) is 10.3. The Morgan fingerprint density at radius 3 is 3.11 bits per heavy atom. The average Bonchev–Trinajstić information content (AvgIpc) is 2.99. The van der Waals surface area contributed by atoms with Gasteiger partial charge in [0.05, 0.1) is 18.0 Å². The van der Waals surface area contributed by atoms with Crippen LogP contribution in [0.1, 0.15) is 6.42 Å². The standard InChI is InChI=1S/C12H16N4O2/c1-17-7-8-4-5-16(6-8)10-3-2-9(13)11-12(10)15-18-14-11/h2-3,8H,4-7,13H2,1H3. The summed E-state index contributed by atoms with van der Waals surface area (Å²) in [5.74, 6) is 0.572. The maximum Gasteiger partial charge on any atom is 0.160 e. The number of anilines is 2. The normalized spacial score (nSPS) is 19.8. The van der Waals surface area contributed by atoms with Gasteiger partial charge < -0.3 is 15.4 Å². The number of rotatable bonds is 3. The molecule has 0 saturated carbocycles. The number of aromatic nitrogens is 2. The van der Waals surface area contributed by atoms with Crippen molar-refractivity contribution in [1.29, 1.82) is 0 Å². The Balaban J connectivity index is 1.91. The van der Waals surface area contributed by atoms with Crippen molar-refractivity contribution < 1.29 is 9.37 Å². The van der Waals surface area contributed by atoms with Gasteiger partial charge in [-0.25, -0.2) is 4.63 Å². The van der Waals surface area contributed by atoms with Crippen molar-refractivity contribution in [2.75, 3.05) is 37.4 Å². The van der Waals surface area contributed by atoms with Crippen LogP contribution in [0.3, 0.4) is 0 Å². The summed E-state index contributed by atoms with van der Waals surface area (Å²) in [7, 11) is 1.74. The Labute approximate surface area is 105 Å². The van der Waals surface area contributed by atoms with Crippen LogP contribution in [0.4, 0.5) is 11.4 Å². The SMILES string of the molecule is COCC1CCN(c2ccc(N)c3nonc23)C1. The highest BCUT2D eigenvalue weighted by Gasteiger charge is 2.25. The number of ether oxygens (including phenoxy) is 1. The van der Waals surface area contributed by atoms with E-state index in [4.69, 9.17) is 15.1 Å². The molecule has 2 heterocycles. The second-order valence-electron chi connectivity index (χ2n) is 4.69. The number of nitrogens with zero attached hydrogens (tertiary/aromatic N) is 3. The maximum absolute atomic E-state index is 5.84. The molecule has 18 heavy (non-hydrogen) atoms. The van der Waals surface area contributed by atoms with Crippen LogP contribution in [0.2, 0.25) is 0 Å². The second kappa shape index (κ2) is 4.45. The van der Waals surface area contributed by atoms with Crippen molar-refractivity contribution in [3.05, 3.63) is 12.1 Å². The monoisotopic (exact) mass is 248 g/mol. The fourth-order valence-corrected chi connectivity index (χ4v) is 2.55. The molecular weight excluding hydrogens is 232 g/mol. The van der Waals surface area contributed by atoms with Crippen molar-refractivity contribution in [1.82, 2.24) is 10.3 Å². The van der Waals surface area contributed by atoms with Crippen molar-refractivity contribution in [3.8, 4) is 0 Å². The molecule has 1 saturated heterocycles. The van der Waals surface area contributed by atoms with E-state index in [0.29, 0.717) is 17.1 Å². The first kappa shape index (κ1) is 11.3. The number of methoxy groups -OCH3 is 1. The molecule has 0 spiro atoms. The molecule has 1 fully saturated rings. The predicted molar refractivity (Wildman–Crippen MR) is 68.4 cm³/mol. The van der Waals surface area contributed by atoms with Gasteiger partial charge in [0.25, 0.3) is 0 Å². The third kappa shape index (κ3) is 1.78. The number of nitrogens with two attached hydrogens (primary N) is 1. The minimum absolute atomic E-state index is 0.572. The van der Waals surface area contributed by atoms with Crippen LogP contribution in [0.5, 0.6) is 0 Å². The number of hydrogen-bond donors (Lipinski definition) is 1. The number of nitrogen functional groups attached to an aromatic ring is 1. The molecule has 2 N–H and O–H groups in total. The molecule has 0 bridgehead atoms. The molecule has 1 aromatic heterocycles. The molecule has 6 nitrogen and oxygen atoms in total. The van der Waals surface area contributed by atoms with Gasteiger partial charge in [-0.3, -0.25) is 0 Å². The van der Waals surface area contributed by atoms with E-state index in [9.17, 15) is 0 Å². The third-order valence-electron chi connectivity index (χ3n) is 3.45. The van der Waals surface area contributed by atoms with Crippen molar-refractivity contribution in [3.63, 3.8) is 0 Å². The smallest absolute Gasteiger partial charge is 0.160 e. The number of benzene rings is 1. The minimum atomic E-state index is 0.572. The fourth-order valence-electron chi connectivity index (χ4n) is 2.55. The van der Waals surface area contributed by atoms with Gasteiger partial charge in [0.1, 0.15) is 0 Å². The van der Waals surface area contributed by atoms with Gasteiger partial charge in [-0.15, -0.1) is 0 Å². The van der Waals surface area contributed by atoms with Gasteiger partial charge in [-0.05, 0) is 28.9 Å². The average molecular weight is 248 g/mol. The molecule has 1 aliphatic rings. The van der Waals surface area contributed by atoms with Gasteiger partial charge >= 0.3 is 0 Å². The summed E-state index contributed by atoms with van der Waals surface area (Å²) in [5.41, 5.74) is 8.87. The Hall–Kier alpha value is -1.82. The quantitative estimate of drug-likeness (QED) is 0.824. The lowest BCUT2D eigenvalue weighted by Crippen LogP contribution is -2.21. The first-order valence-corrected chi connectivity index (χ1v) is 6.04. The van der Waals surface area contributed by atoms with E-state index in [0.717, 1.165) is 37.3 Å². The molecule has 1 aliphatic heterocycles. The summed E-state index contributed by atoms with van der Waals surface area (Å²) in [6, 6.07) is 3.84. The molecular formula is C12H16N4O2. The molecule has 3 rings (SSSR count). The Bertz CT molecular complexity index is 554. The molecule has 0 amide bonds. The Kier molecular flexibility index (Phi) is 2.79. The molecule has 2 aromatic rings. The van der Waals surface area contributed by atoms with Crippen LogP contribution in [0.25, 0.3) is 11.0 Å². The lowest BCUT2D eigenvalue weighted by molar-refractivity contribution is 0.161. The van der Waals surface area contributed by atoms with Crippen LogP contribution >= 0.6 is 0 Å². The molecule has 1 unspecified atom stereocenters. The van der Waals surface area contributed by atoms with E-state index in [1.54, 1.807) is 7.11 Å². The van der Waals surface area contributed by atoms with E-state index < -0.39 is 0 Å². The van der Waals surface area contributed by atoms with Crippen LogP contribution < -0.4 is 10.6 Å². The first-order valence-electron chi connectivity index (χ1n) is 6.04. The lowest BCUT2D eigenvalue weighted by atomic mass is 10.1. The summed E-state index contributed by atoms with van der Waals surface area (Å²) < 4.78 is 10.00. The first-order chi connectivity index (χ1) is 8.79. The Morgan fingerprint density at radius 2 is 2.28 bits per heavy atom. The molecule has 0 aliphatic carbocycles. The Morgan fingerprint density at radius 1 is 1.44 bits per heavy atom. The fraction of sp³-hybridized carbons (Fsp3) is 0.500. The van der Waals surface area contributed by atoms with E-state index in [1.165, 1.54) is 0 Å². The van der Waals surface area contributed by atoms with E-state index in [-0.39, 0.29) is 0 Å². The van der Waals surface area contributed by atoms with Crippen LogP contribution in [-0.2, 0) is 4.74 Å². The lowest BCUT2D eigenvalue weighted by Gasteiger charge is -2.18. The van der Waals surface area contributed by atoms with Gasteiger partial charge in [0, 0.05) is 26.1 Å². The van der Waals surface area contributed by atoms with Gasteiger partial charge in [0.2, 0.25) is 0 Å². The van der Waals surface area contributed by atoms with Crippen molar-refractivity contribution >= 4 is 22.4 Å². The van der Waals surface area contributed by atoms with Crippen molar-refractivity contribution in [2.45, 2.75) is 6.42 Å². The summed E-state index contributed by atoms with van der Waals surface area (Å²) in [6.45, 7) is 2.77. The van der Waals surface area contributed by atoms with Crippen LogP contribution in [-0.4, -0.2) is 37.1 Å². The zero-order chi connectivity index (χ0) is 12.5. The summed E-state index contributed by atoms with van der Waals surface area (Å²) in [4.78, 5) is 2.29. The predicted octanol–water partition coefficient (Wildman–Crippen LogP) is 1.28. The van der Waals surface area contributed by atoms with E-state index in [2.05, 4.69) is 15.2 Å². The largest absolute Gasteiger partial charge is 0.397 e. The third-order valence-corrected chi connectivity index (χ3v) is 3.45. The summed E-state index contributed by atoms with van der Waals surface area (Å²) >= 11 is 0. The zero-order valence-corrected chi connectivity index (χ0v) is 10.3.